The van der Waals surface area contributed by atoms with Crippen molar-refractivity contribution in [2.24, 2.45) is 0 Å². The zero-order chi connectivity index (χ0) is 13.7. The third-order valence-corrected chi connectivity index (χ3v) is 3.68. The van der Waals surface area contributed by atoms with Gasteiger partial charge in [0, 0.05) is 16.3 Å². The van der Waals surface area contributed by atoms with Crippen molar-refractivity contribution in [2.75, 3.05) is 0 Å². The van der Waals surface area contributed by atoms with Crippen LogP contribution in [0.2, 0.25) is 5.02 Å². The Hall–Kier alpha value is -1.04. The third kappa shape index (κ3) is 4.86. The van der Waals surface area contributed by atoms with Crippen molar-refractivity contribution in [1.29, 1.82) is 0 Å². The van der Waals surface area contributed by atoms with Gasteiger partial charge in [-0.15, -0.1) is 11.8 Å². The molecule has 0 bridgehead atoms. The van der Waals surface area contributed by atoms with Gasteiger partial charge in [-0.1, -0.05) is 22.8 Å². The van der Waals surface area contributed by atoms with E-state index in [9.17, 15) is 5.11 Å². The standard InChI is InChI=1S/C13H15ClN2O2S/c1-9(17)5-6-13-15-12(16-18-13)8-19-11-4-2-3-10(14)7-11/h2-4,7,9,17H,5-6,8H2,1H3. The quantitative estimate of drug-likeness (QED) is 0.829. The van der Waals surface area contributed by atoms with Gasteiger partial charge in [0.2, 0.25) is 5.89 Å². The molecule has 0 amide bonds. The Morgan fingerprint density at radius 1 is 1.47 bits per heavy atom. The lowest BCUT2D eigenvalue weighted by atomic mass is 10.2. The van der Waals surface area contributed by atoms with Gasteiger partial charge in [0.15, 0.2) is 5.82 Å². The van der Waals surface area contributed by atoms with Gasteiger partial charge in [0.05, 0.1) is 11.9 Å². The van der Waals surface area contributed by atoms with Crippen LogP contribution in [0.3, 0.4) is 0 Å². The number of rotatable bonds is 6. The summed E-state index contributed by atoms with van der Waals surface area (Å²) in [6, 6.07) is 7.65. The van der Waals surface area contributed by atoms with Crippen LogP contribution in [0.15, 0.2) is 33.7 Å². The van der Waals surface area contributed by atoms with Gasteiger partial charge in [-0.2, -0.15) is 4.98 Å². The predicted octanol–water partition coefficient (Wildman–Crippen LogP) is 3.33. The Morgan fingerprint density at radius 3 is 3.05 bits per heavy atom. The van der Waals surface area contributed by atoms with E-state index in [1.165, 1.54) is 0 Å². The van der Waals surface area contributed by atoms with Crippen molar-refractivity contribution >= 4 is 23.4 Å². The highest BCUT2D eigenvalue weighted by Gasteiger charge is 2.08. The second kappa shape index (κ2) is 6.93. The summed E-state index contributed by atoms with van der Waals surface area (Å²) in [4.78, 5) is 5.35. The van der Waals surface area contributed by atoms with Crippen molar-refractivity contribution in [3.05, 3.63) is 41.0 Å². The number of aliphatic hydroxyl groups excluding tert-OH is 1. The molecule has 1 unspecified atom stereocenters. The molecule has 1 atom stereocenters. The normalized spacial score (nSPS) is 12.6. The fraction of sp³-hybridized carbons (Fsp3) is 0.385. The first-order valence-electron chi connectivity index (χ1n) is 6.01. The first-order chi connectivity index (χ1) is 9.13. The lowest BCUT2D eigenvalue weighted by molar-refractivity contribution is 0.180. The molecule has 0 aliphatic carbocycles. The number of thioether (sulfide) groups is 1. The second-order valence-corrected chi connectivity index (χ2v) is 5.72. The summed E-state index contributed by atoms with van der Waals surface area (Å²) in [7, 11) is 0. The summed E-state index contributed by atoms with van der Waals surface area (Å²) in [6.07, 6.45) is 0.881. The maximum atomic E-state index is 9.19. The molecular weight excluding hydrogens is 284 g/mol. The molecule has 6 heteroatoms. The maximum Gasteiger partial charge on any atom is 0.226 e. The Morgan fingerprint density at radius 2 is 2.32 bits per heavy atom. The summed E-state index contributed by atoms with van der Waals surface area (Å²) >= 11 is 7.52. The molecule has 1 N–H and O–H groups in total. The zero-order valence-electron chi connectivity index (χ0n) is 10.5. The van der Waals surface area contributed by atoms with Gasteiger partial charge in [0.25, 0.3) is 0 Å². The monoisotopic (exact) mass is 298 g/mol. The molecule has 0 radical (unpaired) electrons. The lowest BCUT2D eigenvalue weighted by Gasteiger charge is -1.99. The molecular formula is C13H15ClN2O2S. The van der Waals surface area contributed by atoms with Crippen LogP contribution >= 0.6 is 23.4 Å². The Bertz CT molecular complexity index is 531. The SMILES string of the molecule is CC(O)CCc1nc(CSc2cccc(Cl)c2)no1. The molecule has 0 fully saturated rings. The highest BCUT2D eigenvalue weighted by molar-refractivity contribution is 7.98. The Balaban J connectivity index is 1.86. The number of aromatic nitrogens is 2. The topological polar surface area (TPSA) is 59.2 Å². The molecule has 1 heterocycles. The van der Waals surface area contributed by atoms with Crippen LogP contribution in [0.1, 0.15) is 25.1 Å². The summed E-state index contributed by atoms with van der Waals surface area (Å²) in [5.74, 6) is 1.87. The molecule has 0 saturated heterocycles. The van der Waals surface area contributed by atoms with Gasteiger partial charge in [0.1, 0.15) is 0 Å². The Kier molecular flexibility index (Phi) is 5.24. The third-order valence-electron chi connectivity index (χ3n) is 2.45. The lowest BCUT2D eigenvalue weighted by Crippen LogP contribution is -2.01. The fourth-order valence-corrected chi connectivity index (χ4v) is 2.54. The molecule has 19 heavy (non-hydrogen) atoms. The van der Waals surface area contributed by atoms with Crippen molar-refractivity contribution in [3.63, 3.8) is 0 Å². The van der Waals surface area contributed by atoms with E-state index in [1.807, 2.05) is 24.3 Å². The van der Waals surface area contributed by atoms with E-state index in [-0.39, 0.29) is 6.10 Å². The van der Waals surface area contributed by atoms with Crippen LogP contribution in [-0.2, 0) is 12.2 Å². The molecule has 4 nitrogen and oxygen atoms in total. The van der Waals surface area contributed by atoms with E-state index < -0.39 is 0 Å². The average molecular weight is 299 g/mol. The summed E-state index contributed by atoms with van der Waals surface area (Å²) in [5.41, 5.74) is 0. The second-order valence-electron chi connectivity index (χ2n) is 4.24. The smallest absolute Gasteiger partial charge is 0.226 e. The van der Waals surface area contributed by atoms with Gasteiger partial charge in [-0.25, -0.2) is 0 Å². The van der Waals surface area contributed by atoms with Crippen LogP contribution in [0.5, 0.6) is 0 Å². The highest BCUT2D eigenvalue weighted by atomic mass is 35.5. The van der Waals surface area contributed by atoms with Crippen molar-refractivity contribution in [3.8, 4) is 0 Å². The van der Waals surface area contributed by atoms with Crippen LogP contribution in [0, 0.1) is 0 Å². The number of nitrogens with zero attached hydrogens (tertiary/aromatic N) is 2. The van der Waals surface area contributed by atoms with Crippen molar-refractivity contribution in [2.45, 2.75) is 36.5 Å². The van der Waals surface area contributed by atoms with E-state index in [4.69, 9.17) is 16.1 Å². The Labute approximate surface area is 121 Å². The molecule has 2 rings (SSSR count). The molecule has 0 saturated carbocycles. The zero-order valence-corrected chi connectivity index (χ0v) is 12.1. The molecule has 102 valence electrons. The first-order valence-corrected chi connectivity index (χ1v) is 7.38. The minimum Gasteiger partial charge on any atom is -0.393 e. The van der Waals surface area contributed by atoms with Gasteiger partial charge in [-0.3, -0.25) is 0 Å². The number of halogens is 1. The molecule has 0 aliphatic heterocycles. The largest absolute Gasteiger partial charge is 0.393 e. The number of hydrogen-bond donors (Lipinski definition) is 1. The highest BCUT2D eigenvalue weighted by Crippen LogP contribution is 2.24. The minimum atomic E-state index is -0.351. The van der Waals surface area contributed by atoms with Gasteiger partial charge < -0.3 is 9.63 Å². The molecule has 2 aromatic rings. The molecule has 1 aromatic carbocycles. The van der Waals surface area contributed by atoms with Crippen LogP contribution in [-0.4, -0.2) is 21.4 Å². The van der Waals surface area contributed by atoms with Crippen molar-refractivity contribution in [1.82, 2.24) is 10.1 Å². The molecule has 0 aliphatic rings. The van der Waals surface area contributed by atoms with Crippen LogP contribution < -0.4 is 0 Å². The predicted molar refractivity (Wildman–Crippen MR) is 75.3 cm³/mol. The number of aryl methyl sites for hydroxylation is 1. The minimum absolute atomic E-state index is 0.351. The van der Waals surface area contributed by atoms with E-state index in [2.05, 4.69) is 10.1 Å². The van der Waals surface area contributed by atoms with Crippen LogP contribution in [0.4, 0.5) is 0 Å². The fourth-order valence-electron chi connectivity index (χ4n) is 1.49. The van der Waals surface area contributed by atoms with Gasteiger partial charge >= 0.3 is 0 Å². The van der Waals surface area contributed by atoms with E-state index in [1.54, 1.807) is 18.7 Å². The average Bonchev–Trinajstić information content (AvgIpc) is 2.82. The first kappa shape index (κ1) is 14.4. The van der Waals surface area contributed by atoms with Crippen molar-refractivity contribution < 1.29 is 9.63 Å². The van der Waals surface area contributed by atoms with E-state index >= 15 is 0 Å². The summed E-state index contributed by atoms with van der Waals surface area (Å²) < 4.78 is 5.12. The summed E-state index contributed by atoms with van der Waals surface area (Å²) in [6.45, 7) is 1.74. The van der Waals surface area contributed by atoms with Gasteiger partial charge in [-0.05, 0) is 31.5 Å². The maximum absolute atomic E-state index is 9.19. The number of hydrogen-bond acceptors (Lipinski definition) is 5. The molecule has 1 aromatic heterocycles. The molecule has 0 spiro atoms. The van der Waals surface area contributed by atoms with E-state index in [0.29, 0.717) is 30.3 Å². The van der Waals surface area contributed by atoms with E-state index in [0.717, 1.165) is 9.92 Å². The number of benzene rings is 1. The van der Waals surface area contributed by atoms with Crippen LogP contribution in [0.25, 0.3) is 0 Å². The number of aliphatic hydroxyl groups is 1. The summed E-state index contributed by atoms with van der Waals surface area (Å²) in [5, 5.41) is 13.8.